The maximum absolute atomic E-state index is 5.64. The molecule has 90 valence electrons. The number of nitrogens with one attached hydrogen (secondary N) is 2. The van der Waals surface area contributed by atoms with Gasteiger partial charge in [0.25, 0.3) is 0 Å². The quantitative estimate of drug-likeness (QED) is 0.780. The normalized spacial score (nSPS) is 25.8. The lowest BCUT2D eigenvalue weighted by atomic mass is 10.0. The maximum atomic E-state index is 5.64. The average Bonchev–Trinajstić information content (AvgIpc) is 2.82. The van der Waals surface area contributed by atoms with E-state index in [1.807, 2.05) is 0 Å². The summed E-state index contributed by atoms with van der Waals surface area (Å²) in [5.74, 6) is 0.951. The van der Waals surface area contributed by atoms with Crippen molar-refractivity contribution in [2.75, 3.05) is 13.2 Å². The van der Waals surface area contributed by atoms with Gasteiger partial charge in [-0.25, -0.2) is 4.98 Å². The fourth-order valence-corrected chi connectivity index (χ4v) is 2.10. The van der Waals surface area contributed by atoms with Gasteiger partial charge in [0.15, 0.2) is 0 Å². The number of hydrogen-bond acceptors (Lipinski definition) is 4. The van der Waals surface area contributed by atoms with Crippen molar-refractivity contribution in [3.8, 4) is 0 Å². The molecule has 0 amide bonds. The van der Waals surface area contributed by atoms with E-state index in [1.165, 1.54) is 0 Å². The summed E-state index contributed by atoms with van der Waals surface area (Å²) in [6.45, 7) is 4.02. The molecule has 2 atom stereocenters. The number of aromatic nitrogens is 3. The summed E-state index contributed by atoms with van der Waals surface area (Å²) in [5.41, 5.74) is 0. The van der Waals surface area contributed by atoms with E-state index >= 15 is 0 Å². The zero-order valence-electron chi connectivity index (χ0n) is 9.78. The van der Waals surface area contributed by atoms with E-state index in [4.69, 9.17) is 4.74 Å². The SMILES string of the molecule is CCC1CC(NCCc2ncn[nH]2)CCO1. The van der Waals surface area contributed by atoms with Crippen LogP contribution in [-0.4, -0.2) is 40.5 Å². The number of H-pyrrole nitrogens is 1. The van der Waals surface area contributed by atoms with Crippen LogP contribution >= 0.6 is 0 Å². The molecule has 1 aliphatic heterocycles. The summed E-state index contributed by atoms with van der Waals surface area (Å²) in [5, 5.41) is 10.3. The molecular weight excluding hydrogens is 204 g/mol. The Morgan fingerprint density at radius 3 is 3.31 bits per heavy atom. The zero-order valence-corrected chi connectivity index (χ0v) is 9.78. The third kappa shape index (κ3) is 3.28. The van der Waals surface area contributed by atoms with E-state index in [2.05, 4.69) is 27.4 Å². The van der Waals surface area contributed by atoms with Gasteiger partial charge in [0.05, 0.1) is 6.10 Å². The van der Waals surface area contributed by atoms with Gasteiger partial charge in [-0.3, -0.25) is 5.10 Å². The molecule has 1 fully saturated rings. The molecule has 16 heavy (non-hydrogen) atoms. The molecule has 0 saturated carbocycles. The van der Waals surface area contributed by atoms with Gasteiger partial charge in [-0.05, 0) is 19.3 Å². The van der Waals surface area contributed by atoms with Crippen LogP contribution in [0.4, 0.5) is 0 Å². The Morgan fingerprint density at radius 2 is 2.56 bits per heavy atom. The molecule has 5 heteroatoms. The summed E-state index contributed by atoms with van der Waals surface area (Å²) in [7, 11) is 0. The predicted molar refractivity (Wildman–Crippen MR) is 61.1 cm³/mol. The Labute approximate surface area is 96.0 Å². The standard InChI is InChI=1S/C11H20N4O/c1-2-10-7-9(4-6-16-10)12-5-3-11-13-8-14-15-11/h8-10,12H,2-7H2,1H3,(H,13,14,15). The molecule has 2 heterocycles. The third-order valence-corrected chi connectivity index (χ3v) is 3.08. The highest BCUT2D eigenvalue weighted by Crippen LogP contribution is 2.15. The van der Waals surface area contributed by atoms with Crippen LogP contribution in [-0.2, 0) is 11.2 Å². The minimum atomic E-state index is 0.441. The zero-order chi connectivity index (χ0) is 11.2. The summed E-state index contributed by atoms with van der Waals surface area (Å²) < 4.78 is 5.64. The maximum Gasteiger partial charge on any atom is 0.137 e. The molecule has 1 aliphatic rings. The van der Waals surface area contributed by atoms with E-state index in [1.54, 1.807) is 6.33 Å². The first-order valence-corrected chi connectivity index (χ1v) is 6.07. The van der Waals surface area contributed by atoms with Crippen LogP contribution in [0.2, 0.25) is 0 Å². The first-order chi connectivity index (χ1) is 7.88. The van der Waals surface area contributed by atoms with Gasteiger partial charge in [0.2, 0.25) is 0 Å². The van der Waals surface area contributed by atoms with Crippen LogP contribution in [0.25, 0.3) is 0 Å². The van der Waals surface area contributed by atoms with Crippen molar-refractivity contribution in [3.63, 3.8) is 0 Å². The van der Waals surface area contributed by atoms with Crippen LogP contribution in [0.3, 0.4) is 0 Å². The second kappa shape index (κ2) is 5.96. The van der Waals surface area contributed by atoms with Crippen molar-refractivity contribution in [2.45, 2.75) is 44.8 Å². The van der Waals surface area contributed by atoms with E-state index in [9.17, 15) is 0 Å². The Bertz CT molecular complexity index is 288. The number of nitrogens with zero attached hydrogens (tertiary/aromatic N) is 2. The number of ether oxygens (including phenoxy) is 1. The van der Waals surface area contributed by atoms with Crippen molar-refractivity contribution >= 4 is 0 Å². The van der Waals surface area contributed by atoms with Gasteiger partial charge in [-0.15, -0.1) is 0 Å². The summed E-state index contributed by atoms with van der Waals surface area (Å²) >= 11 is 0. The van der Waals surface area contributed by atoms with E-state index < -0.39 is 0 Å². The fraction of sp³-hybridized carbons (Fsp3) is 0.818. The Kier molecular flexibility index (Phi) is 4.30. The van der Waals surface area contributed by atoms with Gasteiger partial charge in [-0.1, -0.05) is 6.92 Å². The Morgan fingerprint density at radius 1 is 1.62 bits per heavy atom. The second-order valence-corrected chi connectivity index (χ2v) is 4.26. The molecule has 1 aromatic rings. The van der Waals surface area contributed by atoms with Gasteiger partial charge >= 0.3 is 0 Å². The lowest BCUT2D eigenvalue weighted by Gasteiger charge is -2.29. The summed E-state index contributed by atoms with van der Waals surface area (Å²) in [6, 6.07) is 0.599. The topological polar surface area (TPSA) is 62.8 Å². The molecule has 0 spiro atoms. The van der Waals surface area contributed by atoms with Crippen molar-refractivity contribution in [1.29, 1.82) is 0 Å². The van der Waals surface area contributed by atoms with Crippen molar-refractivity contribution in [2.24, 2.45) is 0 Å². The summed E-state index contributed by atoms with van der Waals surface area (Å²) in [4.78, 5) is 4.10. The van der Waals surface area contributed by atoms with E-state index in [0.717, 1.165) is 44.7 Å². The van der Waals surface area contributed by atoms with Crippen LogP contribution in [0.15, 0.2) is 6.33 Å². The minimum Gasteiger partial charge on any atom is -0.378 e. The van der Waals surface area contributed by atoms with Crippen LogP contribution in [0.5, 0.6) is 0 Å². The molecule has 2 unspecified atom stereocenters. The largest absolute Gasteiger partial charge is 0.378 e. The van der Waals surface area contributed by atoms with Crippen molar-refractivity contribution in [1.82, 2.24) is 20.5 Å². The number of rotatable bonds is 5. The molecule has 1 saturated heterocycles. The van der Waals surface area contributed by atoms with Crippen LogP contribution < -0.4 is 5.32 Å². The molecule has 1 aromatic heterocycles. The molecule has 0 bridgehead atoms. The first kappa shape index (κ1) is 11.5. The van der Waals surface area contributed by atoms with Crippen molar-refractivity contribution in [3.05, 3.63) is 12.2 Å². The smallest absolute Gasteiger partial charge is 0.137 e. The number of aromatic amines is 1. The molecule has 5 nitrogen and oxygen atoms in total. The lowest BCUT2D eigenvalue weighted by Crippen LogP contribution is -2.39. The Hall–Kier alpha value is -0.940. The van der Waals surface area contributed by atoms with Gasteiger partial charge < -0.3 is 10.1 Å². The molecule has 0 aliphatic carbocycles. The van der Waals surface area contributed by atoms with Crippen LogP contribution in [0, 0.1) is 0 Å². The fourth-order valence-electron chi connectivity index (χ4n) is 2.10. The van der Waals surface area contributed by atoms with Gasteiger partial charge in [-0.2, -0.15) is 5.10 Å². The summed E-state index contributed by atoms with van der Waals surface area (Å²) in [6.07, 6.45) is 6.27. The van der Waals surface area contributed by atoms with E-state index in [0.29, 0.717) is 12.1 Å². The highest BCUT2D eigenvalue weighted by Gasteiger charge is 2.20. The molecule has 2 N–H and O–H groups in total. The highest BCUT2D eigenvalue weighted by molar-refractivity contribution is 4.83. The molecule has 0 aromatic carbocycles. The van der Waals surface area contributed by atoms with Crippen molar-refractivity contribution < 1.29 is 4.74 Å². The average molecular weight is 224 g/mol. The molecule has 0 radical (unpaired) electrons. The highest BCUT2D eigenvalue weighted by atomic mass is 16.5. The predicted octanol–water partition coefficient (Wildman–Crippen LogP) is 0.894. The van der Waals surface area contributed by atoms with Gasteiger partial charge in [0, 0.05) is 25.6 Å². The molecular formula is C11H20N4O. The molecule has 2 rings (SSSR count). The minimum absolute atomic E-state index is 0.441. The third-order valence-electron chi connectivity index (χ3n) is 3.08. The number of hydrogen-bond donors (Lipinski definition) is 2. The second-order valence-electron chi connectivity index (χ2n) is 4.26. The van der Waals surface area contributed by atoms with Gasteiger partial charge in [0.1, 0.15) is 12.2 Å². The Balaban J connectivity index is 1.65. The lowest BCUT2D eigenvalue weighted by molar-refractivity contribution is 0.0000996. The first-order valence-electron chi connectivity index (χ1n) is 6.07. The monoisotopic (exact) mass is 224 g/mol. The van der Waals surface area contributed by atoms with Crippen LogP contribution in [0.1, 0.15) is 32.0 Å². The van der Waals surface area contributed by atoms with E-state index in [-0.39, 0.29) is 0 Å².